The predicted octanol–water partition coefficient (Wildman–Crippen LogP) is 4.01. The average Bonchev–Trinajstić information content (AvgIpc) is 2.63. The fraction of sp³-hybridized carbons (Fsp3) is 0.591. The molecule has 2 N–H and O–H groups in total. The molecular formula is C22H37IN4. The van der Waals surface area contributed by atoms with E-state index in [2.05, 4.69) is 67.1 Å². The summed E-state index contributed by atoms with van der Waals surface area (Å²) in [5.74, 6) is 0.955. The standard InChI is InChI=1S/C22H36N4.HI/c1-5-19-7-9-20(10-8-19)11-14-24-22(23-6-2)25-21-12-15-26(16-13-21)17-18(3)4;/h7-10,21H,3,5-6,11-17H2,1-2,4H3,(H2,23,24,25);1H. The maximum Gasteiger partial charge on any atom is 0.191 e. The lowest BCUT2D eigenvalue weighted by Gasteiger charge is -2.33. The van der Waals surface area contributed by atoms with Crippen LogP contribution in [0.3, 0.4) is 0 Å². The Bertz CT molecular complexity index is 574. The van der Waals surface area contributed by atoms with Gasteiger partial charge in [-0.15, -0.1) is 24.0 Å². The maximum absolute atomic E-state index is 4.78. The lowest BCUT2D eigenvalue weighted by Crippen LogP contribution is -2.48. The Morgan fingerprint density at radius 1 is 1.15 bits per heavy atom. The van der Waals surface area contributed by atoms with Gasteiger partial charge in [-0.3, -0.25) is 9.89 Å². The maximum atomic E-state index is 4.78. The molecule has 27 heavy (non-hydrogen) atoms. The monoisotopic (exact) mass is 484 g/mol. The number of aryl methyl sites for hydroxylation is 1. The van der Waals surface area contributed by atoms with Gasteiger partial charge in [0.2, 0.25) is 0 Å². The zero-order valence-electron chi connectivity index (χ0n) is 17.3. The van der Waals surface area contributed by atoms with Crippen molar-refractivity contribution >= 4 is 29.9 Å². The number of nitrogens with one attached hydrogen (secondary N) is 2. The first-order valence-corrected chi connectivity index (χ1v) is 10.1. The molecule has 1 aliphatic rings. The number of likely N-dealkylation sites (tertiary alicyclic amines) is 1. The zero-order chi connectivity index (χ0) is 18.8. The van der Waals surface area contributed by atoms with Crippen LogP contribution in [0, 0.1) is 0 Å². The Labute approximate surface area is 182 Å². The van der Waals surface area contributed by atoms with E-state index in [0.29, 0.717) is 6.04 Å². The van der Waals surface area contributed by atoms with Crippen molar-refractivity contribution < 1.29 is 0 Å². The second-order valence-corrected chi connectivity index (χ2v) is 7.33. The van der Waals surface area contributed by atoms with E-state index in [1.807, 2.05) is 0 Å². The van der Waals surface area contributed by atoms with Crippen LogP contribution in [-0.4, -0.2) is 49.6 Å². The summed E-state index contributed by atoms with van der Waals surface area (Å²) in [6.45, 7) is 15.4. The number of rotatable bonds is 8. The van der Waals surface area contributed by atoms with Crippen molar-refractivity contribution in [3.05, 3.63) is 47.5 Å². The third kappa shape index (κ3) is 9.10. The third-order valence-electron chi connectivity index (χ3n) is 4.87. The van der Waals surface area contributed by atoms with Gasteiger partial charge >= 0.3 is 0 Å². The highest BCUT2D eigenvalue weighted by Crippen LogP contribution is 2.11. The molecular weight excluding hydrogens is 447 g/mol. The Hall–Kier alpha value is -1.08. The summed E-state index contributed by atoms with van der Waals surface area (Å²) in [6.07, 6.45) is 4.40. The summed E-state index contributed by atoms with van der Waals surface area (Å²) >= 11 is 0. The first-order chi connectivity index (χ1) is 12.6. The summed E-state index contributed by atoms with van der Waals surface area (Å²) in [4.78, 5) is 7.27. The van der Waals surface area contributed by atoms with Gasteiger partial charge in [-0.1, -0.05) is 43.3 Å². The van der Waals surface area contributed by atoms with Crippen molar-refractivity contribution in [2.45, 2.75) is 52.5 Å². The van der Waals surface area contributed by atoms with Crippen molar-refractivity contribution in [1.82, 2.24) is 15.5 Å². The number of guanidine groups is 1. The number of halogens is 1. The number of aliphatic imine (C=N–C) groups is 1. The number of benzene rings is 1. The minimum Gasteiger partial charge on any atom is -0.357 e. The van der Waals surface area contributed by atoms with Gasteiger partial charge < -0.3 is 10.6 Å². The quantitative estimate of drug-likeness (QED) is 0.254. The second kappa shape index (κ2) is 13.2. The molecule has 1 aromatic carbocycles. The van der Waals surface area contributed by atoms with Gasteiger partial charge in [-0.25, -0.2) is 0 Å². The molecule has 0 bridgehead atoms. The van der Waals surface area contributed by atoms with Gasteiger partial charge in [-0.2, -0.15) is 0 Å². The molecule has 0 aliphatic carbocycles. The van der Waals surface area contributed by atoms with E-state index in [9.17, 15) is 0 Å². The van der Waals surface area contributed by atoms with Crippen molar-refractivity contribution in [3.8, 4) is 0 Å². The number of nitrogens with zero attached hydrogens (tertiary/aromatic N) is 2. The van der Waals surface area contributed by atoms with Crippen molar-refractivity contribution in [3.63, 3.8) is 0 Å². The molecule has 2 rings (SSSR count). The second-order valence-electron chi connectivity index (χ2n) is 7.33. The molecule has 0 radical (unpaired) electrons. The molecule has 4 nitrogen and oxygen atoms in total. The SMILES string of the molecule is C=C(C)CN1CCC(NC(=NCCc2ccc(CC)cc2)NCC)CC1.I. The average molecular weight is 484 g/mol. The Morgan fingerprint density at radius 3 is 2.33 bits per heavy atom. The minimum absolute atomic E-state index is 0. The van der Waals surface area contributed by atoms with Crippen LogP contribution in [-0.2, 0) is 12.8 Å². The van der Waals surface area contributed by atoms with Gasteiger partial charge in [0.1, 0.15) is 0 Å². The van der Waals surface area contributed by atoms with Gasteiger partial charge in [0.05, 0.1) is 0 Å². The molecule has 0 amide bonds. The summed E-state index contributed by atoms with van der Waals surface area (Å²) < 4.78 is 0. The largest absolute Gasteiger partial charge is 0.357 e. The summed E-state index contributed by atoms with van der Waals surface area (Å²) in [5, 5.41) is 7.01. The molecule has 0 aromatic heterocycles. The Kier molecular flexibility index (Phi) is 11.7. The molecule has 152 valence electrons. The molecule has 0 atom stereocenters. The Morgan fingerprint density at radius 2 is 1.78 bits per heavy atom. The van der Waals surface area contributed by atoms with Crippen LogP contribution in [0.25, 0.3) is 0 Å². The summed E-state index contributed by atoms with van der Waals surface area (Å²) in [6, 6.07) is 9.42. The van der Waals surface area contributed by atoms with Crippen LogP contribution < -0.4 is 10.6 Å². The molecule has 0 spiro atoms. The fourth-order valence-corrected chi connectivity index (χ4v) is 3.37. The molecule has 0 unspecified atom stereocenters. The van der Waals surface area contributed by atoms with Crippen LogP contribution in [0.1, 0.15) is 44.7 Å². The van der Waals surface area contributed by atoms with Gasteiger partial charge in [0.25, 0.3) is 0 Å². The van der Waals surface area contributed by atoms with E-state index in [1.54, 1.807) is 0 Å². The smallest absolute Gasteiger partial charge is 0.191 e. The third-order valence-corrected chi connectivity index (χ3v) is 4.87. The lowest BCUT2D eigenvalue weighted by atomic mass is 10.0. The summed E-state index contributed by atoms with van der Waals surface area (Å²) in [7, 11) is 0. The molecule has 1 heterocycles. The van der Waals surface area contributed by atoms with Crippen LogP contribution in [0.15, 0.2) is 41.4 Å². The number of hydrogen-bond acceptors (Lipinski definition) is 2. The zero-order valence-corrected chi connectivity index (χ0v) is 19.6. The molecule has 5 heteroatoms. The van der Waals surface area contributed by atoms with Crippen molar-refractivity contribution in [2.75, 3.05) is 32.7 Å². The van der Waals surface area contributed by atoms with Crippen LogP contribution in [0.2, 0.25) is 0 Å². The highest BCUT2D eigenvalue weighted by Gasteiger charge is 2.19. The highest BCUT2D eigenvalue weighted by atomic mass is 127. The van der Waals surface area contributed by atoms with Crippen LogP contribution >= 0.6 is 24.0 Å². The van der Waals surface area contributed by atoms with E-state index in [1.165, 1.54) is 16.7 Å². The first kappa shape index (κ1) is 24.0. The van der Waals surface area contributed by atoms with Gasteiger partial charge in [0.15, 0.2) is 5.96 Å². The predicted molar refractivity (Wildman–Crippen MR) is 128 cm³/mol. The van der Waals surface area contributed by atoms with Crippen LogP contribution in [0.5, 0.6) is 0 Å². The molecule has 1 aliphatic heterocycles. The molecule has 0 saturated carbocycles. The molecule has 1 fully saturated rings. The molecule has 1 aromatic rings. The summed E-state index contributed by atoms with van der Waals surface area (Å²) in [5.41, 5.74) is 4.00. The van der Waals surface area contributed by atoms with Crippen molar-refractivity contribution in [2.24, 2.45) is 4.99 Å². The molecule has 1 saturated heterocycles. The van der Waals surface area contributed by atoms with E-state index < -0.39 is 0 Å². The minimum atomic E-state index is 0. The highest BCUT2D eigenvalue weighted by molar-refractivity contribution is 14.0. The lowest BCUT2D eigenvalue weighted by molar-refractivity contribution is 0.221. The topological polar surface area (TPSA) is 39.7 Å². The van der Waals surface area contributed by atoms with Gasteiger partial charge in [0, 0.05) is 38.8 Å². The van der Waals surface area contributed by atoms with Crippen LogP contribution in [0.4, 0.5) is 0 Å². The van der Waals surface area contributed by atoms with Crippen molar-refractivity contribution in [1.29, 1.82) is 0 Å². The Balaban J connectivity index is 0.00000364. The number of hydrogen-bond donors (Lipinski definition) is 2. The van der Waals surface area contributed by atoms with E-state index in [-0.39, 0.29) is 24.0 Å². The van der Waals surface area contributed by atoms with Gasteiger partial charge in [-0.05, 0) is 50.7 Å². The first-order valence-electron chi connectivity index (χ1n) is 10.1. The fourth-order valence-electron chi connectivity index (χ4n) is 3.37. The van der Waals surface area contributed by atoms with E-state index >= 15 is 0 Å². The van der Waals surface area contributed by atoms with E-state index in [0.717, 1.165) is 64.4 Å². The number of piperidine rings is 1. The van der Waals surface area contributed by atoms with E-state index in [4.69, 9.17) is 4.99 Å². The normalized spacial score (nSPS) is 15.9.